The molecule has 2 rings (SSSR count). The Labute approximate surface area is 233 Å². The Balaban J connectivity index is 2.45. The van der Waals surface area contributed by atoms with Gasteiger partial charge in [-0.25, -0.2) is 0 Å². The predicted octanol–water partition coefficient (Wildman–Crippen LogP) is 2.92. The van der Waals surface area contributed by atoms with Gasteiger partial charge in [-0.15, -0.1) is 0 Å². The third-order valence-corrected chi connectivity index (χ3v) is 7.18. The molecule has 37 heavy (non-hydrogen) atoms. The van der Waals surface area contributed by atoms with E-state index in [2.05, 4.69) is 34.8 Å². The van der Waals surface area contributed by atoms with Crippen LogP contribution in [0.15, 0.2) is 23.8 Å². The van der Waals surface area contributed by atoms with Gasteiger partial charge in [0.05, 0.1) is 29.9 Å². The Hall–Kier alpha value is -1.89. The van der Waals surface area contributed by atoms with Crippen LogP contribution in [0.1, 0.15) is 64.4 Å². The Kier molecular flexibility index (Phi) is 13.7. The van der Waals surface area contributed by atoms with E-state index in [1.54, 1.807) is 23.1 Å². The largest absolute Gasteiger partial charge is 0.493 e. The van der Waals surface area contributed by atoms with Crippen molar-refractivity contribution in [2.24, 2.45) is 0 Å². The van der Waals surface area contributed by atoms with Gasteiger partial charge < -0.3 is 35.0 Å². The number of halogens is 1. The van der Waals surface area contributed by atoms with Crippen LogP contribution in [-0.4, -0.2) is 77.1 Å². The van der Waals surface area contributed by atoms with E-state index in [4.69, 9.17) is 14.6 Å². The molecule has 10 heteroatoms. The van der Waals surface area contributed by atoms with Crippen LogP contribution in [0.3, 0.4) is 0 Å². The molecule has 208 valence electrons. The molecule has 0 aromatic heterocycles. The van der Waals surface area contributed by atoms with Crippen molar-refractivity contribution in [1.29, 1.82) is 0 Å². The molecule has 3 unspecified atom stereocenters. The van der Waals surface area contributed by atoms with Crippen molar-refractivity contribution >= 4 is 34.4 Å². The maximum atomic E-state index is 13.2. The summed E-state index contributed by atoms with van der Waals surface area (Å²) in [7, 11) is 1.49. The quantitative estimate of drug-likeness (QED) is 0.173. The molecular formula is C27H41IN2O7. The maximum absolute atomic E-state index is 13.2. The molecule has 0 aliphatic heterocycles. The summed E-state index contributed by atoms with van der Waals surface area (Å²) in [6.07, 6.45) is 4.70. The number of carbonyl (C=O) groups is 2. The monoisotopic (exact) mass is 632 g/mol. The van der Waals surface area contributed by atoms with E-state index in [1.807, 2.05) is 6.92 Å². The van der Waals surface area contributed by atoms with Crippen LogP contribution in [0.2, 0.25) is 0 Å². The molecule has 0 radical (unpaired) electrons. The first-order chi connectivity index (χ1) is 17.8. The Bertz CT molecular complexity index is 924. The summed E-state index contributed by atoms with van der Waals surface area (Å²) in [6.45, 7) is 4.29. The van der Waals surface area contributed by atoms with Crippen LogP contribution in [0, 0.1) is 3.57 Å². The zero-order chi connectivity index (χ0) is 27.4. The van der Waals surface area contributed by atoms with Crippen molar-refractivity contribution in [2.45, 2.75) is 83.6 Å². The fraction of sp³-hybridized carbons (Fsp3) is 0.630. The van der Waals surface area contributed by atoms with Gasteiger partial charge in [-0.3, -0.25) is 9.59 Å². The summed E-state index contributed by atoms with van der Waals surface area (Å²) in [4.78, 5) is 27.8. The Morgan fingerprint density at radius 2 is 1.92 bits per heavy atom. The molecule has 0 fully saturated rings. The van der Waals surface area contributed by atoms with Gasteiger partial charge in [0.1, 0.15) is 12.2 Å². The van der Waals surface area contributed by atoms with Gasteiger partial charge in [-0.1, -0.05) is 33.1 Å². The predicted molar refractivity (Wildman–Crippen MR) is 149 cm³/mol. The Morgan fingerprint density at radius 3 is 2.54 bits per heavy atom. The minimum absolute atomic E-state index is 0.0572. The molecule has 1 aliphatic rings. The van der Waals surface area contributed by atoms with Crippen LogP contribution < -0.4 is 14.8 Å². The number of methoxy groups -OCH3 is 1. The van der Waals surface area contributed by atoms with Gasteiger partial charge >= 0.3 is 0 Å². The number of hydrogen-bond donors (Lipinski definition) is 4. The van der Waals surface area contributed by atoms with Crippen molar-refractivity contribution < 1.29 is 34.4 Å². The Morgan fingerprint density at radius 1 is 1.16 bits per heavy atom. The number of unbranched alkanes of at least 4 members (excludes halogenated alkanes) is 3. The topological polar surface area (TPSA) is 129 Å². The van der Waals surface area contributed by atoms with Crippen LogP contribution in [0.25, 0.3) is 0 Å². The smallest absolute Gasteiger partial charge is 0.247 e. The number of aliphatic hydroxyl groups excluding tert-OH is 3. The lowest BCUT2D eigenvalue weighted by Gasteiger charge is -2.41. The van der Waals surface area contributed by atoms with Crippen LogP contribution in [-0.2, 0) is 16.2 Å². The maximum Gasteiger partial charge on any atom is 0.247 e. The summed E-state index contributed by atoms with van der Waals surface area (Å²) in [5, 5.41) is 32.9. The lowest BCUT2D eigenvalue weighted by Crippen LogP contribution is -2.55. The van der Waals surface area contributed by atoms with E-state index in [0.29, 0.717) is 45.6 Å². The van der Waals surface area contributed by atoms with Crippen LogP contribution in [0.5, 0.6) is 11.5 Å². The second-order valence-corrected chi connectivity index (χ2v) is 10.3. The molecule has 1 aliphatic carbocycles. The number of carbonyl (C=O) groups excluding carboxylic acids is 2. The summed E-state index contributed by atoms with van der Waals surface area (Å²) < 4.78 is 12.4. The molecule has 0 saturated heterocycles. The van der Waals surface area contributed by atoms with Crippen molar-refractivity contribution in [2.75, 3.05) is 26.8 Å². The summed E-state index contributed by atoms with van der Waals surface area (Å²) in [5.74, 6) is 0.346. The number of ether oxygens (including phenoxy) is 2. The van der Waals surface area contributed by atoms with E-state index in [1.165, 1.54) is 7.11 Å². The SMILES string of the molecule is CCCCCCN(C(=O)CCC)C1CC(C(=O)NCCO)=CC(Oc2c(I)cc(CO)cc2OC)C1O. The van der Waals surface area contributed by atoms with Crippen molar-refractivity contribution in [3.8, 4) is 11.5 Å². The number of amides is 2. The molecule has 0 heterocycles. The van der Waals surface area contributed by atoms with Gasteiger partial charge in [0.2, 0.25) is 11.8 Å². The third-order valence-electron chi connectivity index (χ3n) is 6.38. The molecular weight excluding hydrogens is 591 g/mol. The van der Waals surface area contributed by atoms with Gasteiger partial charge in [-0.2, -0.15) is 0 Å². The lowest BCUT2D eigenvalue weighted by atomic mass is 9.87. The molecule has 1 aromatic carbocycles. The first-order valence-electron chi connectivity index (χ1n) is 13.0. The molecule has 0 saturated carbocycles. The summed E-state index contributed by atoms with van der Waals surface area (Å²) >= 11 is 2.07. The highest BCUT2D eigenvalue weighted by atomic mass is 127. The number of nitrogens with zero attached hydrogens (tertiary/aromatic N) is 1. The minimum atomic E-state index is -1.08. The van der Waals surface area contributed by atoms with Crippen molar-refractivity contribution in [3.05, 3.63) is 32.9 Å². The van der Waals surface area contributed by atoms with Gasteiger partial charge in [0.15, 0.2) is 11.5 Å². The highest BCUT2D eigenvalue weighted by molar-refractivity contribution is 14.1. The summed E-state index contributed by atoms with van der Waals surface area (Å²) in [5.41, 5.74) is 1.04. The molecule has 4 N–H and O–H groups in total. The van der Waals surface area contributed by atoms with Crippen LogP contribution in [0.4, 0.5) is 0 Å². The van der Waals surface area contributed by atoms with Gasteiger partial charge in [0, 0.05) is 31.5 Å². The number of rotatable bonds is 15. The molecule has 2 amide bonds. The zero-order valence-corrected chi connectivity index (χ0v) is 24.2. The number of aliphatic hydroxyl groups is 3. The van der Waals surface area contributed by atoms with E-state index < -0.39 is 18.2 Å². The standard InChI is InChI=1S/C27H41IN2O7/c1-4-6-7-8-11-30(24(33)9-5-2)21-15-19(27(35)29-10-12-31)16-22(25(21)34)37-26-20(28)13-18(17-32)14-23(26)36-3/h13-14,16,21-22,25,31-32,34H,4-12,15,17H2,1-3H3,(H,29,35). The molecule has 3 atom stereocenters. The highest BCUT2D eigenvalue weighted by Gasteiger charge is 2.40. The second-order valence-electron chi connectivity index (χ2n) is 9.18. The molecule has 0 bridgehead atoms. The fourth-order valence-corrected chi connectivity index (χ4v) is 5.23. The van der Waals surface area contributed by atoms with E-state index in [9.17, 15) is 19.8 Å². The van der Waals surface area contributed by atoms with Gasteiger partial charge in [0.25, 0.3) is 0 Å². The van der Waals surface area contributed by atoms with Crippen molar-refractivity contribution in [3.63, 3.8) is 0 Å². The minimum Gasteiger partial charge on any atom is -0.493 e. The second kappa shape index (κ2) is 16.2. The lowest BCUT2D eigenvalue weighted by molar-refractivity contribution is -0.138. The van der Waals surface area contributed by atoms with E-state index in [-0.39, 0.29) is 38.0 Å². The first kappa shape index (κ1) is 31.3. The van der Waals surface area contributed by atoms with Gasteiger partial charge in [-0.05, 0) is 59.2 Å². The highest BCUT2D eigenvalue weighted by Crippen LogP contribution is 2.37. The molecule has 1 aromatic rings. The zero-order valence-electron chi connectivity index (χ0n) is 22.0. The van der Waals surface area contributed by atoms with Crippen molar-refractivity contribution in [1.82, 2.24) is 10.2 Å². The van der Waals surface area contributed by atoms with Crippen LogP contribution >= 0.6 is 22.6 Å². The average Bonchev–Trinajstić information content (AvgIpc) is 2.89. The normalized spacial score (nSPS) is 19.2. The summed E-state index contributed by atoms with van der Waals surface area (Å²) in [6, 6.07) is 2.77. The number of benzene rings is 1. The first-order valence-corrected chi connectivity index (χ1v) is 14.1. The van der Waals surface area contributed by atoms with E-state index >= 15 is 0 Å². The number of nitrogens with one attached hydrogen (secondary N) is 1. The molecule has 0 spiro atoms. The molecule has 9 nitrogen and oxygen atoms in total. The third kappa shape index (κ3) is 8.83. The van der Waals surface area contributed by atoms with E-state index in [0.717, 1.165) is 25.7 Å². The average molecular weight is 633 g/mol. The fourth-order valence-electron chi connectivity index (χ4n) is 4.44. The number of hydrogen-bond acceptors (Lipinski definition) is 7.